The topological polar surface area (TPSA) is 82.5 Å². The Morgan fingerprint density at radius 1 is 1.27 bits per heavy atom. The highest BCUT2D eigenvalue weighted by Crippen LogP contribution is 2.25. The number of nitrogens with zero attached hydrogens (tertiary/aromatic N) is 2. The number of imide groups is 1. The molecule has 0 saturated carbocycles. The quantitative estimate of drug-likeness (QED) is 0.546. The monoisotopic (exact) mass is 425 g/mol. The van der Waals surface area contributed by atoms with Crippen LogP contribution in [0.5, 0.6) is 0 Å². The van der Waals surface area contributed by atoms with E-state index in [-0.39, 0.29) is 25.7 Å². The molecule has 1 saturated heterocycles. The van der Waals surface area contributed by atoms with Gasteiger partial charge >= 0.3 is 13.7 Å². The molecule has 2 amide bonds. The second-order valence-electron chi connectivity index (χ2n) is 6.71. The van der Waals surface area contributed by atoms with Gasteiger partial charge in [-0.25, -0.2) is 13.6 Å². The molecule has 2 aromatic heterocycles. The van der Waals surface area contributed by atoms with Gasteiger partial charge < -0.3 is 9.82 Å². The van der Waals surface area contributed by atoms with Crippen LogP contribution in [0.3, 0.4) is 0 Å². The van der Waals surface area contributed by atoms with Gasteiger partial charge in [0.1, 0.15) is 0 Å². The summed E-state index contributed by atoms with van der Waals surface area (Å²) in [5.74, 6) is -1.78. The van der Waals surface area contributed by atoms with Gasteiger partial charge in [0, 0.05) is 43.2 Å². The number of carbonyl (C=O) groups excluding carboxylic acids is 3. The predicted molar refractivity (Wildman–Crippen MR) is 110 cm³/mol. The van der Waals surface area contributed by atoms with E-state index in [1.165, 1.54) is 4.49 Å². The SMILES string of the molecule is O=C(CCC1=[N+]([B]F)C(=Cc2ccc(-c3cccs3)[nH]2)C=C1)ON1C(=O)CCC1=O. The fourth-order valence-corrected chi connectivity index (χ4v) is 3.92. The molecular weight excluding hydrogens is 408 g/mol. The molecule has 4 rings (SSSR count). The minimum Gasteiger partial charge on any atom is -0.354 e. The largest absolute Gasteiger partial charge is 0.792 e. The first-order valence-corrected chi connectivity index (χ1v) is 10.2. The van der Waals surface area contributed by atoms with Crippen molar-refractivity contribution in [3.05, 3.63) is 53.2 Å². The van der Waals surface area contributed by atoms with Gasteiger partial charge in [-0.2, -0.15) is 0 Å². The van der Waals surface area contributed by atoms with Crippen molar-refractivity contribution in [2.75, 3.05) is 0 Å². The zero-order valence-corrected chi connectivity index (χ0v) is 16.7. The van der Waals surface area contributed by atoms with Crippen LogP contribution in [-0.4, -0.2) is 45.7 Å². The number of nitrogens with one attached hydrogen (secondary N) is 1. The number of allylic oxidation sites excluding steroid dienone is 2. The maximum Gasteiger partial charge on any atom is 0.792 e. The van der Waals surface area contributed by atoms with Gasteiger partial charge in [-0.1, -0.05) is 6.07 Å². The van der Waals surface area contributed by atoms with Gasteiger partial charge in [-0.15, -0.1) is 16.4 Å². The van der Waals surface area contributed by atoms with E-state index in [0.29, 0.717) is 24.2 Å². The molecule has 10 heteroatoms. The molecular formula is C20H17BFN3O4S+. The number of aromatic amines is 1. The Labute approximate surface area is 176 Å². The zero-order chi connectivity index (χ0) is 21.1. The van der Waals surface area contributed by atoms with Crippen LogP contribution in [0, 0.1) is 0 Å². The number of rotatable bonds is 7. The molecule has 2 aliphatic heterocycles. The minimum atomic E-state index is -0.722. The molecule has 0 aliphatic carbocycles. The first-order valence-electron chi connectivity index (χ1n) is 9.33. The molecule has 151 valence electrons. The van der Waals surface area contributed by atoms with Crippen LogP contribution in [0.2, 0.25) is 0 Å². The van der Waals surface area contributed by atoms with Gasteiger partial charge in [-0.3, -0.25) is 9.59 Å². The Morgan fingerprint density at radius 2 is 2.07 bits per heavy atom. The van der Waals surface area contributed by atoms with Crippen LogP contribution in [0.25, 0.3) is 16.6 Å². The Bertz CT molecular complexity index is 1070. The molecule has 2 aromatic rings. The lowest BCUT2D eigenvalue weighted by molar-refractivity contribution is -0.319. The summed E-state index contributed by atoms with van der Waals surface area (Å²) in [5, 5.41) is 2.51. The van der Waals surface area contributed by atoms with E-state index in [2.05, 4.69) is 4.98 Å². The maximum absolute atomic E-state index is 13.6. The molecule has 4 heterocycles. The number of H-pyrrole nitrogens is 1. The van der Waals surface area contributed by atoms with Gasteiger partial charge in [0.25, 0.3) is 11.8 Å². The molecule has 30 heavy (non-hydrogen) atoms. The average molecular weight is 425 g/mol. The molecule has 7 nitrogen and oxygen atoms in total. The Morgan fingerprint density at radius 3 is 2.77 bits per heavy atom. The van der Waals surface area contributed by atoms with E-state index in [0.717, 1.165) is 16.3 Å². The fraction of sp³-hybridized carbons (Fsp3) is 0.200. The van der Waals surface area contributed by atoms with Crippen LogP contribution in [-0.2, 0) is 19.2 Å². The van der Waals surface area contributed by atoms with E-state index in [9.17, 15) is 18.7 Å². The van der Waals surface area contributed by atoms with Crippen molar-refractivity contribution in [1.29, 1.82) is 0 Å². The van der Waals surface area contributed by atoms with Crippen molar-refractivity contribution in [1.82, 2.24) is 10.0 Å². The zero-order valence-electron chi connectivity index (χ0n) is 15.8. The number of thiophene rings is 1. The summed E-state index contributed by atoms with van der Waals surface area (Å²) < 4.78 is 14.9. The van der Waals surface area contributed by atoms with Crippen LogP contribution in [0.15, 0.2) is 47.5 Å². The van der Waals surface area contributed by atoms with Gasteiger partial charge in [0.2, 0.25) is 0 Å². The van der Waals surface area contributed by atoms with Crippen LogP contribution in [0.1, 0.15) is 31.4 Å². The summed E-state index contributed by atoms with van der Waals surface area (Å²) in [6.07, 6.45) is 5.43. The Kier molecular flexibility index (Phi) is 5.76. The van der Waals surface area contributed by atoms with Crippen molar-refractivity contribution in [3.63, 3.8) is 0 Å². The number of amides is 2. The Hall–Kier alpha value is -3.27. The van der Waals surface area contributed by atoms with Crippen molar-refractivity contribution in [2.45, 2.75) is 25.7 Å². The summed E-state index contributed by atoms with van der Waals surface area (Å²) in [7, 11) is 0.434. The molecule has 0 bridgehead atoms. The molecule has 1 N–H and O–H groups in total. The van der Waals surface area contributed by atoms with E-state index < -0.39 is 17.8 Å². The van der Waals surface area contributed by atoms with E-state index >= 15 is 0 Å². The fourth-order valence-electron chi connectivity index (χ4n) is 3.21. The third-order valence-electron chi connectivity index (χ3n) is 4.71. The van der Waals surface area contributed by atoms with Crippen LogP contribution in [0.4, 0.5) is 4.32 Å². The first-order chi connectivity index (χ1) is 14.5. The van der Waals surface area contributed by atoms with Crippen molar-refractivity contribution in [3.8, 4) is 10.6 Å². The predicted octanol–water partition coefficient (Wildman–Crippen LogP) is 3.00. The van der Waals surface area contributed by atoms with Crippen molar-refractivity contribution in [2.24, 2.45) is 0 Å². The third-order valence-corrected chi connectivity index (χ3v) is 5.62. The summed E-state index contributed by atoms with van der Waals surface area (Å²) in [5.41, 5.74) is 2.96. The second kappa shape index (κ2) is 8.62. The average Bonchev–Trinajstić information content (AvgIpc) is 3.52. The Balaban J connectivity index is 1.41. The first kappa shape index (κ1) is 20.0. The van der Waals surface area contributed by atoms with Gasteiger partial charge in [0.05, 0.1) is 17.0 Å². The van der Waals surface area contributed by atoms with Crippen molar-refractivity contribution >= 4 is 48.6 Å². The highest BCUT2D eigenvalue weighted by molar-refractivity contribution is 7.13. The summed E-state index contributed by atoms with van der Waals surface area (Å²) in [4.78, 5) is 44.2. The van der Waals surface area contributed by atoms with Gasteiger partial charge in [0.15, 0.2) is 11.4 Å². The smallest absolute Gasteiger partial charge is 0.354 e. The number of hydroxylamine groups is 2. The molecule has 1 fully saturated rings. The molecule has 0 atom stereocenters. The number of aromatic nitrogens is 1. The maximum atomic E-state index is 13.6. The number of halogens is 1. The highest BCUT2D eigenvalue weighted by atomic mass is 32.1. The summed E-state index contributed by atoms with van der Waals surface area (Å²) >= 11 is 1.62. The molecule has 1 radical (unpaired) electrons. The number of hydrogen-bond acceptors (Lipinski definition) is 5. The molecule has 0 spiro atoms. The lowest BCUT2D eigenvalue weighted by atomic mass is 10.1. The van der Waals surface area contributed by atoms with E-state index in [1.54, 1.807) is 29.6 Å². The van der Waals surface area contributed by atoms with Crippen molar-refractivity contribution < 1.29 is 28.0 Å². The minimum absolute atomic E-state index is 0.0396. The van der Waals surface area contributed by atoms with E-state index in [4.69, 9.17) is 4.84 Å². The second-order valence-corrected chi connectivity index (χ2v) is 7.66. The van der Waals surface area contributed by atoms with Crippen LogP contribution >= 0.6 is 11.3 Å². The summed E-state index contributed by atoms with van der Waals surface area (Å²) in [6, 6.07) is 7.85. The number of carbonyl (C=O) groups is 3. The lowest BCUT2D eigenvalue weighted by Gasteiger charge is -2.12. The number of hydrogen-bond donors (Lipinski definition) is 1. The van der Waals surface area contributed by atoms with Crippen LogP contribution < -0.4 is 0 Å². The molecule has 0 aromatic carbocycles. The summed E-state index contributed by atoms with van der Waals surface area (Å²) in [6.45, 7) is 0. The standard InChI is InChI=1S/C20H17BFN3O4S/c22-21-24-14(6-10-20(28)29-25-18(26)8-9-19(25)27)4-5-15(24)12-13-3-7-16(23-13)17-2-1-11-30-17/h1-5,7,11-12,23H,6,8-10H2/q+1. The normalized spacial score (nSPS) is 17.5. The third kappa shape index (κ3) is 4.18. The molecule has 2 aliphatic rings. The lowest BCUT2D eigenvalue weighted by Crippen LogP contribution is -2.32. The van der Waals surface area contributed by atoms with E-state index in [1.807, 2.05) is 29.6 Å². The highest BCUT2D eigenvalue weighted by Gasteiger charge is 2.33. The van der Waals surface area contributed by atoms with Gasteiger partial charge in [-0.05, 0) is 23.6 Å². The molecule has 0 unspecified atom stereocenters.